The number of aromatic nitrogens is 3. The van der Waals surface area contributed by atoms with Gasteiger partial charge in [-0.1, -0.05) is 18.7 Å². The van der Waals surface area contributed by atoms with Gasteiger partial charge in [0.2, 0.25) is 5.91 Å². The molecule has 1 aliphatic rings. The van der Waals surface area contributed by atoms with Gasteiger partial charge in [0.05, 0.1) is 11.7 Å². The minimum Gasteiger partial charge on any atom is -0.302 e. The molecule has 3 rings (SSSR count). The lowest BCUT2D eigenvalue weighted by Gasteiger charge is -2.12. The Kier molecular flexibility index (Phi) is 4.30. The van der Waals surface area contributed by atoms with Crippen LogP contribution in [0.15, 0.2) is 21.4 Å². The van der Waals surface area contributed by atoms with Gasteiger partial charge in [-0.2, -0.15) is 0 Å². The first-order valence-corrected chi connectivity index (χ1v) is 8.90. The summed E-state index contributed by atoms with van der Waals surface area (Å²) in [4.78, 5) is 33.0. The molecule has 8 heteroatoms. The highest BCUT2D eigenvalue weighted by atomic mass is 32.2. The van der Waals surface area contributed by atoms with Crippen LogP contribution in [0.2, 0.25) is 0 Å². The summed E-state index contributed by atoms with van der Waals surface area (Å²) in [6, 6.07) is 1.41. The number of hydrogen-bond donors (Lipinski definition) is 1. The summed E-state index contributed by atoms with van der Waals surface area (Å²) in [7, 11) is 0. The maximum atomic E-state index is 12.2. The highest BCUT2D eigenvalue weighted by molar-refractivity contribution is 7.99. The molecule has 3 heterocycles. The zero-order chi connectivity index (χ0) is 15.7. The van der Waals surface area contributed by atoms with Crippen LogP contribution in [0, 0.1) is 6.92 Å². The van der Waals surface area contributed by atoms with Crippen molar-refractivity contribution in [2.75, 3.05) is 11.1 Å². The van der Waals surface area contributed by atoms with Gasteiger partial charge < -0.3 is 5.32 Å². The lowest BCUT2D eigenvalue weighted by molar-refractivity contribution is -0.116. The van der Waals surface area contributed by atoms with Gasteiger partial charge in [0.25, 0.3) is 5.56 Å². The van der Waals surface area contributed by atoms with Gasteiger partial charge in [-0.15, -0.1) is 11.3 Å². The molecular formula is C14H16N4O2S2. The molecule has 1 amide bonds. The van der Waals surface area contributed by atoms with E-state index in [0.717, 1.165) is 17.8 Å². The van der Waals surface area contributed by atoms with Crippen molar-refractivity contribution >= 4 is 34.1 Å². The molecule has 0 radical (unpaired) electrons. The number of thiazole rings is 1. The molecule has 6 nitrogen and oxygen atoms in total. The zero-order valence-electron chi connectivity index (χ0n) is 12.3. The molecule has 2 aromatic rings. The molecule has 0 saturated carbocycles. The molecule has 1 N–H and O–H groups in total. The van der Waals surface area contributed by atoms with E-state index in [1.165, 1.54) is 23.1 Å². The molecule has 0 fully saturated rings. The molecule has 2 aromatic heterocycles. The number of amides is 1. The summed E-state index contributed by atoms with van der Waals surface area (Å²) in [6.45, 7) is 3.85. The molecule has 0 aliphatic carbocycles. The summed E-state index contributed by atoms with van der Waals surface area (Å²) >= 11 is 2.93. The zero-order valence-corrected chi connectivity index (χ0v) is 14.0. The van der Waals surface area contributed by atoms with Crippen molar-refractivity contribution in [3.63, 3.8) is 0 Å². The second-order valence-corrected chi connectivity index (χ2v) is 6.95. The molecule has 1 unspecified atom stereocenters. The Morgan fingerprint density at radius 2 is 2.32 bits per heavy atom. The van der Waals surface area contributed by atoms with E-state index in [-0.39, 0.29) is 23.9 Å². The van der Waals surface area contributed by atoms with Crippen molar-refractivity contribution in [2.45, 2.75) is 37.9 Å². The lowest BCUT2D eigenvalue weighted by Crippen LogP contribution is -2.27. The minimum atomic E-state index is -0.146. The SMILES string of the molecule is CCc1cc(=O)n2c(n1)SCC2CC(=O)Nc1nc(C)cs1. The van der Waals surface area contributed by atoms with Crippen molar-refractivity contribution in [3.05, 3.63) is 33.2 Å². The highest BCUT2D eigenvalue weighted by Gasteiger charge is 2.27. The van der Waals surface area contributed by atoms with Crippen LogP contribution in [0.25, 0.3) is 0 Å². The normalized spacial score (nSPS) is 16.5. The number of anilines is 1. The van der Waals surface area contributed by atoms with E-state index in [9.17, 15) is 9.59 Å². The van der Waals surface area contributed by atoms with Crippen LogP contribution in [-0.4, -0.2) is 26.2 Å². The summed E-state index contributed by atoms with van der Waals surface area (Å²) in [5.74, 6) is 0.568. The van der Waals surface area contributed by atoms with Gasteiger partial charge in [0.15, 0.2) is 10.3 Å². The smallest absolute Gasteiger partial charge is 0.254 e. The number of hydrogen-bond acceptors (Lipinski definition) is 6. The molecule has 22 heavy (non-hydrogen) atoms. The summed E-state index contributed by atoms with van der Waals surface area (Å²) in [5.41, 5.74) is 1.61. The third-order valence-corrected chi connectivity index (χ3v) is 5.36. The van der Waals surface area contributed by atoms with Crippen LogP contribution >= 0.6 is 23.1 Å². The second kappa shape index (κ2) is 6.21. The highest BCUT2D eigenvalue weighted by Crippen LogP contribution is 2.32. The Hall–Kier alpha value is -1.67. The van der Waals surface area contributed by atoms with Gasteiger partial charge in [0, 0.05) is 29.3 Å². The maximum Gasteiger partial charge on any atom is 0.254 e. The van der Waals surface area contributed by atoms with E-state index in [1.807, 2.05) is 19.2 Å². The second-order valence-electron chi connectivity index (χ2n) is 5.10. The number of nitrogens with one attached hydrogen (secondary N) is 1. The number of nitrogens with zero attached hydrogens (tertiary/aromatic N) is 3. The first kappa shape index (κ1) is 15.2. The number of aryl methyl sites for hydroxylation is 2. The average molecular weight is 336 g/mol. The van der Waals surface area contributed by atoms with Crippen LogP contribution in [0.4, 0.5) is 5.13 Å². The first-order valence-electron chi connectivity index (χ1n) is 7.04. The van der Waals surface area contributed by atoms with Gasteiger partial charge in [-0.05, 0) is 13.3 Å². The fourth-order valence-electron chi connectivity index (χ4n) is 2.33. The Morgan fingerprint density at radius 3 is 3.00 bits per heavy atom. The molecule has 0 bridgehead atoms. The van der Waals surface area contributed by atoms with E-state index in [0.29, 0.717) is 16.0 Å². The maximum absolute atomic E-state index is 12.2. The van der Waals surface area contributed by atoms with E-state index >= 15 is 0 Å². The van der Waals surface area contributed by atoms with Crippen LogP contribution in [0.5, 0.6) is 0 Å². The third kappa shape index (κ3) is 3.07. The van der Waals surface area contributed by atoms with Gasteiger partial charge in [0.1, 0.15) is 0 Å². The molecule has 0 saturated heterocycles. The topological polar surface area (TPSA) is 76.9 Å². The largest absolute Gasteiger partial charge is 0.302 e. The quantitative estimate of drug-likeness (QED) is 0.867. The molecule has 0 spiro atoms. The van der Waals surface area contributed by atoms with Crippen LogP contribution in [0.3, 0.4) is 0 Å². The molecule has 116 valence electrons. The Morgan fingerprint density at radius 1 is 1.50 bits per heavy atom. The summed E-state index contributed by atoms with van der Waals surface area (Å²) < 4.78 is 1.64. The number of fused-ring (bicyclic) bond motifs is 1. The van der Waals surface area contributed by atoms with Crippen LogP contribution < -0.4 is 10.9 Å². The summed E-state index contributed by atoms with van der Waals surface area (Å²) in [5, 5.41) is 5.98. The fraction of sp³-hybridized carbons (Fsp3) is 0.429. The van der Waals surface area contributed by atoms with E-state index in [2.05, 4.69) is 15.3 Å². The number of thioether (sulfide) groups is 1. The molecular weight excluding hydrogens is 320 g/mol. The van der Waals surface area contributed by atoms with E-state index in [1.54, 1.807) is 10.6 Å². The third-order valence-electron chi connectivity index (χ3n) is 3.39. The summed E-state index contributed by atoms with van der Waals surface area (Å²) in [6.07, 6.45) is 0.990. The fourth-order valence-corrected chi connectivity index (χ4v) is 4.20. The predicted molar refractivity (Wildman–Crippen MR) is 87.7 cm³/mol. The first-order chi connectivity index (χ1) is 10.6. The molecule has 1 atom stereocenters. The van der Waals surface area contributed by atoms with Gasteiger partial charge in [-0.3, -0.25) is 14.2 Å². The van der Waals surface area contributed by atoms with Gasteiger partial charge >= 0.3 is 0 Å². The van der Waals surface area contributed by atoms with Crippen molar-refractivity contribution in [1.29, 1.82) is 0 Å². The van der Waals surface area contributed by atoms with Crippen molar-refractivity contribution in [2.24, 2.45) is 0 Å². The van der Waals surface area contributed by atoms with Crippen LogP contribution in [-0.2, 0) is 11.2 Å². The van der Waals surface area contributed by atoms with Gasteiger partial charge in [-0.25, -0.2) is 9.97 Å². The Labute approximate surface area is 136 Å². The van der Waals surface area contributed by atoms with E-state index in [4.69, 9.17) is 0 Å². The monoisotopic (exact) mass is 336 g/mol. The number of carbonyl (C=O) groups is 1. The van der Waals surface area contributed by atoms with E-state index < -0.39 is 0 Å². The standard InChI is InChI=1S/C14H16N4O2S2/c1-3-9-4-12(20)18-10(7-22-14(18)16-9)5-11(19)17-13-15-8(2)6-21-13/h4,6,10H,3,5,7H2,1-2H3,(H,15,17,19). The number of rotatable bonds is 4. The Balaban J connectivity index is 1.73. The van der Waals surface area contributed by atoms with Crippen molar-refractivity contribution in [1.82, 2.24) is 14.5 Å². The Bertz CT molecular complexity index is 768. The van der Waals surface area contributed by atoms with Crippen molar-refractivity contribution in [3.8, 4) is 0 Å². The number of carbonyl (C=O) groups excluding carboxylic acids is 1. The van der Waals surface area contributed by atoms with Crippen molar-refractivity contribution < 1.29 is 4.79 Å². The molecule has 0 aromatic carbocycles. The molecule has 1 aliphatic heterocycles. The van der Waals surface area contributed by atoms with Crippen LogP contribution in [0.1, 0.15) is 30.8 Å². The minimum absolute atomic E-state index is 0.0743. The average Bonchev–Trinajstić information content (AvgIpc) is 3.05. The lowest BCUT2D eigenvalue weighted by atomic mass is 10.2. The predicted octanol–water partition coefficient (Wildman–Crippen LogP) is 2.25.